The molecule has 0 radical (unpaired) electrons. The topological polar surface area (TPSA) is 41.6 Å². The molecule has 1 unspecified atom stereocenters. The van der Waals surface area contributed by atoms with Crippen LogP contribution in [0.25, 0.3) is 0 Å². The number of carbonyl (C=O) groups is 1. The summed E-state index contributed by atoms with van der Waals surface area (Å²) in [6.07, 6.45) is 2.34. The summed E-state index contributed by atoms with van der Waals surface area (Å²) in [5.41, 5.74) is 1.98. The molecule has 4 nitrogen and oxygen atoms in total. The van der Waals surface area contributed by atoms with Crippen molar-refractivity contribution < 1.29 is 13.9 Å². The molecule has 2 aromatic rings. The van der Waals surface area contributed by atoms with Crippen LogP contribution in [0.5, 0.6) is 0 Å². The van der Waals surface area contributed by atoms with Gasteiger partial charge in [-0.2, -0.15) is 0 Å². The first kappa shape index (κ1) is 18.7. The van der Waals surface area contributed by atoms with E-state index in [2.05, 4.69) is 10.2 Å². The molecule has 0 bridgehead atoms. The summed E-state index contributed by atoms with van der Waals surface area (Å²) >= 11 is 5.97. The third-order valence-electron chi connectivity index (χ3n) is 4.63. The highest BCUT2D eigenvalue weighted by Gasteiger charge is 2.19. The van der Waals surface area contributed by atoms with Crippen molar-refractivity contribution in [1.29, 1.82) is 0 Å². The number of nitrogens with zero attached hydrogens (tertiary/aromatic N) is 1. The van der Waals surface area contributed by atoms with Crippen molar-refractivity contribution in [2.75, 3.05) is 30.4 Å². The van der Waals surface area contributed by atoms with Gasteiger partial charge in [0.1, 0.15) is 5.82 Å². The fourth-order valence-electron chi connectivity index (χ4n) is 3.19. The van der Waals surface area contributed by atoms with E-state index in [4.69, 9.17) is 16.3 Å². The van der Waals surface area contributed by atoms with E-state index in [1.54, 1.807) is 13.2 Å². The van der Waals surface area contributed by atoms with Crippen LogP contribution in [0.1, 0.15) is 18.4 Å². The lowest BCUT2D eigenvalue weighted by Crippen LogP contribution is -2.39. The second-order valence-electron chi connectivity index (χ2n) is 6.42. The van der Waals surface area contributed by atoms with Gasteiger partial charge < -0.3 is 15.0 Å². The van der Waals surface area contributed by atoms with Gasteiger partial charge in [-0.1, -0.05) is 17.7 Å². The minimum Gasteiger partial charge on any atom is -0.380 e. The zero-order valence-electron chi connectivity index (χ0n) is 14.7. The van der Waals surface area contributed by atoms with Crippen molar-refractivity contribution in [3.8, 4) is 0 Å². The number of methoxy groups -OCH3 is 1. The van der Waals surface area contributed by atoms with E-state index in [1.165, 1.54) is 12.1 Å². The van der Waals surface area contributed by atoms with Crippen molar-refractivity contribution in [2.45, 2.75) is 25.4 Å². The van der Waals surface area contributed by atoms with Gasteiger partial charge in [0.15, 0.2) is 0 Å². The van der Waals surface area contributed by atoms with Crippen molar-refractivity contribution in [3.05, 3.63) is 58.9 Å². The van der Waals surface area contributed by atoms with Gasteiger partial charge in [-0.25, -0.2) is 4.39 Å². The van der Waals surface area contributed by atoms with Crippen LogP contribution in [0.15, 0.2) is 42.5 Å². The van der Waals surface area contributed by atoms with Crippen LogP contribution in [0.2, 0.25) is 5.02 Å². The Kier molecular flexibility index (Phi) is 6.12. The standard InChI is InChI=1S/C20H22ClFN2O2/c1-26-16-4-3-11-24(13-16)15-9-7-14(8-10-15)23-20(25)12-17-18(21)5-2-6-19(17)22/h2,5-10,16H,3-4,11-13H2,1H3,(H,23,25). The lowest BCUT2D eigenvalue weighted by atomic mass is 10.1. The highest BCUT2D eigenvalue weighted by atomic mass is 35.5. The molecule has 1 heterocycles. The smallest absolute Gasteiger partial charge is 0.228 e. The van der Waals surface area contributed by atoms with E-state index < -0.39 is 5.82 Å². The van der Waals surface area contributed by atoms with Gasteiger partial charge in [-0.15, -0.1) is 0 Å². The molecule has 1 amide bonds. The van der Waals surface area contributed by atoms with Gasteiger partial charge in [0.2, 0.25) is 5.91 Å². The van der Waals surface area contributed by atoms with Crippen LogP contribution in [-0.4, -0.2) is 32.2 Å². The highest BCUT2D eigenvalue weighted by Crippen LogP contribution is 2.24. The predicted molar refractivity (Wildman–Crippen MR) is 102 cm³/mol. The summed E-state index contributed by atoms with van der Waals surface area (Å²) in [6, 6.07) is 12.1. The molecule has 0 spiro atoms. The molecule has 1 saturated heterocycles. The van der Waals surface area contributed by atoms with Gasteiger partial charge in [0, 0.05) is 42.2 Å². The first-order valence-electron chi connectivity index (χ1n) is 8.67. The van der Waals surface area contributed by atoms with Crippen LogP contribution in [0, 0.1) is 5.82 Å². The average Bonchev–Trinajstić information content (AvgIpc) is 2.65. The van der Waals surface area contributed by atoms with Crippen molar-refractivity contribution in [1.82, 2.24) is 0 Å². The van der Waals surface area contributed by atoms with Gasteiger partial charge in [-0.05, 0) is 49.2 Å². The molecule has 1 aliphatic heterocycles. The monoisotopic (exact) mass is 376 g/mol. The van der Waals surface area contributed by atoms with Crippen molar-refractivity contribution in [3.63, 3.8) is 0 Å². The molecule has 0 saturated carbocycles. The van der Waals surface area contributed by atoms with E-state index in [1.807, 2.05) is 24.3 Å². The van der Waals surface area contributed by atoms with Gasteiger partial charge in [0.25, 0.3) is 0 Å². The SMILES string of the molecule is COC1CCCN(c2ccc(NC(=O)Cc3c(F)cccc3Cl)cc2)C1. The lowest BCUT2D eigenvalue weighted by Gasteiger charge is -2.33. The van der Waals surface area contributed by atoms with E-state index in [0.717, 1.165) is 31.6 Å². The van der Waals surface area contributed by atoms with Crippen molar-refractivity contribution in [2.24, 2.45) is 0 Å². The van der Waals surface area contributed by atoms with Crippen LogP contribution < -0.4 is 10.2 Å². The lowest BCUT2D eigenvalue weighted by molar-refractivity contribution is -0.115. The summed E-state index contributed by atoms with van der Waals surface area (Å²) in [6.45, 7) is 1.87. The van der Waals surface area contributed by atoms with Gasteiger partial charge in [0.05, 0.1) is 12.5 Å². The number of piperidine rings is 1. The third kappa shape index (κ3) is 4.54. The maximum Gasteiger partial charge on any atom is 0.228 e. The number of nitrogens with one attached hydrogen (secondary N) is 1. The van der Waals surface area contributed by atoms with Crippen LogP contribution >= 0.6 is 11.6 Å². The molecule has 1 atom stereocenters. The minimum absolute atomic E-state index is 0.102. The summed E-state index contributed by atoms with van der Waals surface area (Å²) in [5, 5.41) is 3.05. The minimum atomic E-state index is -0.471. The summed E-state index contributed by atoms with van der Waals surface area (Å²) < 4.78 is 19.2. The summed E-state index contributed by atoms with van der Waals surface area (Å²) in [7, 11) is 1.74. The number of benzene rings is 2. The first-order chi connectivity index (χ1) is 12.6. The first-order valence-corrected chi connectivity index (χ1v) is 9.05. The molecule has 0 aromatic heterocycles. The summed E-state index contributed by atoms with van der Waals surface area (Å²) in [4.78, 5) is 14.5. The number of hydrogen-bond donors (Lipinski definition) is 1. The fraction of sp³-hybridized carbons (Fsp3) is 0.350. The molecular weight excluding hydrogens is 355 g/mol. The maximum absolute atomic E-state index is 13.8. The summed E-state index contributed by atoms with van der Waals surface area (Å²) in [5.74, 6) is -0.775. The molecule has 1 fully saturated rings. The number of rotatable bonds is 5. The normalized spacial score (nSPS) is 17.2. The van der Waals surface area contributed by atoms with Gasteiger partial charge in [-0.3, -0.25) is 4.79 Å². The van der Waals surface area contributed by atoms with Crippen LogP contribution in [0.4, 0.5) is 15.8 Å². The van der Waals surface area contributed by atoms with Crippen LogP contribution in [0.3, 0.4) is 0 Å². The third-order valence-corrected chi connectivity index (χ3v) is 4.98. The number of anilines is 2. The Balaban J connectivity index is 1.61. The zero-order valence-corrected chi connectivity index (χ0v) is 15.4. The van der Waals surface area contributed by atoms with Crippen LogP contribution in [-0.2, 0) is 16.0 Å². The van der Waals surface area contributed by atoms with E-state index in [9.17, 15) is 9.18 Å². The Labute approximate surface area is 157 Å². The molecule has 1 N–H and O–H groups in total. The number of hydrogen-bond acceptors (Lipinski definition) is 3. The Morgan fingerprint density at radius 3 is 2.77 bits per heavy atom. The molecular formula is C20H22ClFN2O2. The fourth-order valence-corrected chi connectivity index (χ4v) is 3.42. The van der Waals surface area contributed by atoms with E-state index in [-0.39, 0.29) is 29.0 Å². The predicted octanol–water partition coefficient (Wildman–Crippen LogP) is 4.28. The molecule has 6 heteroatoms. The average molecular weight is 377 g/mol. The molecule has 0 aliphatic carbocycles. The Hall–Kier alpha value is -2.11. The second-order valence-corrected chi connectivity index (χ2v) is 6.83. The Bertz CT molecular complexity index is 747. The number of ether oxygens (including phenoxy) is 1. The Morgan fingerprint density at radius 1 is 1.31 bits per heavy atom. The van der Waals surface area contributed by atoms with E-state index >= 15 is 0 Å². The molecule has 138 valence electrons. The van der Waals surface area contributed by atoms with Crippen molar-refractivity contribution >= 4 is 28.9 Å². The second kappa shape index (κ2) is 8.52. The van der Waals surface area contributed by atoms with Gasteiger partial charge >= 0.3 is 0 Å². The zero-order chi connectivity index (χ0) is 18.5. The highest BCUT2D eigenvalue weighted by molar-refractivity contribution is 6.31. The number of halogens is 2. The molecule has 2 aromatic carbocycles. The molecule has 26 heavy (non-hydrogen) atoms. The quantitative estimate of drug-likeness (QED) is 0.847. The number of carbonyl (C=O) groups excluding carboxylic acids is 1. The largest absolute Gasteiger partial charge is 0.380 e. The molecule has 3 rings (SSSR count). The Morgan fingerprint density at radius 2 is 2.08 bits per heavy atom. The molecule has 1 aliphatic rings. The van der Waals surface area contributed by atoms with E-state index in [0.29, 0.717) is 5.69 Å². The maximum atomic E-state index is 13.8. The number of amides is 1.